The molecule has 1 nitrogen and oxygen atoms in total. The highest BCUT2D eigenvalue weighted by atomic mass is 35.5. The van der Waals surface area contributed by atoms with Gasteiger partial charge in [-0.05, 0) is 29.8 Å². The second-order valence-corrected chi connectivity index (χ2v) is 4.80. The fourth-order valence-corrected chi connectivity index (χ4v) is 2.04. The quantitative estimate of drug-likeness (QED) is 0.751. The van der Waals surface area contributed by atoms with Crippen molar-refractivity contribution in [3.05, 3.63) is 69.2 Å². The van der Waals surface area contributed by atoms with Crippen molar-refractivity contribution in [1.29, 1.82) is 0 Å². The van der Waals surface area contributed by atoms with Gasteiger partial charge in [-0.25, -0.2) is 8.78 Å². The summed E-state index contributed by atoms with van der Waals surface area (Å²) < 4.78 is 26.2. The number of rotatable bonds is 3. The molecule has 2 aromatic carbocycles. The molecular formula is C14H8Cl2F2O. The van der Waals surface area contributed by atoms with Gasteiger partial charge in [0.05, 0.1) is 5.02 Å². The standard InChI is InChI=1S/C14H8Cl2F2O/c15-9-2-4-12(16)11(6-9)14(19)5-8-1-3-10(17)7-13(8)18/h1-4,6-7H,5H2. The highest BCUT2D eigenvalue weighted by Gasteiger charge is 2.14. The average molecular weight is 301 g/mol. The molecular weight excluding hydrogens is 293 g/mol. The number of carbonyl (C=O) groups excluding carboxylic acids is 1. The van der Waals surface area contributed by atoms with Gasteiger partial charge in [0.2, 0.25) is 0 Å². The topological polar surface area (TPSA) is 17.1 Å². The van der Waals surface area contributed by atoms with Gasteiger partial charge in [0.25, 0.3) is 0 Å². The first kappa shape index (κ1) is 14.0. The fraction of sp³-hybridized carbons (Fsp3) is 0.0714. The molecule has 19 heavy (non-hydrogen) atoms. The van der Waals surface area contributed by atoms with Crippen LogP contribution in [0.4, 0.5) is 8.78 Å². The molecule has 0 saturated heterocycles. The summed E-state index contributed by atoms with van der Waals surface area (Å²) in [6.07, 6.45) is -0.202. The SMILES string of the molecule is O=C(Cc1ccc(F)cc1F)c1cc(Cl)ccc1Cl. The minimum atomic E-state index is -0.758. The first-order valence-electron chi connectivity index (χ1n) is 5.39. The molecule has 0 radical (unpaired) electrons. The second kappa shape index (κ2) is 5.68. The van der Waals surface area contributed by atoms with Crippen molar-refractivity contribution in [3.8, 4) is 0 Å². The summed E-state index contributed by atoms with van der Waals surface area (Å²) in [6, 6.07) is 7.55. The van der Waals surface area contributed by atoms with Gasteiger partial charge in [-0.15, -0.1) is 0 Å². The van der Waals surface area contributed by atoms with Crippen molar-refractivity contribution in [2.24, 2.45) is 0 Å². The van der Waals surface area contributed by atoms with Crippen LogP contribution < -0.4 is 0 Å². The van der Waals surface area contributed by atoms with Crippen molar-refractivity contribution in [1.82, 2.24) is 0 Å². The predicted molar refractivity (Wildman–Crippen MR) is 70.9 cm³/mol. The van der Waals surface area contributed by atoms with Gasteiger partial charge >= 0.3 is 0 Å². The number of Topliss-reactive ketones (excluding diaryl/α,β-unsaturated/α-hetero) is 1. The normalized spacial score (nSPS) is 10.5. The number of hydrogen-bond acceptors (Lipinski definition) is 1. The Morgan fingerprint density at radius 1 is 1.05 bits per heavy atom. The Balaban J connectivity index is 2.28. The zero-order valence-electron chi connectivity index (χ0n) is 9.59. The highest BCUT2D eigenvalue weighted by molar-refractivity contribution is 6.35. The summed E-state index contributed by atoms with van der Waals surface area (Å²) >= 11 is 11.7. The third kappa shape index (κ3) is 3.31. The Morgan fingerprint density at radius 3 is 2.47 bits per heavy atom. The minimum Gasteiger partial charge on any atom is -0.294 e. The van der Waals surface area contributed by atoms with Crippen LogP contribution in [0.25, 0.3) is 0 Å². The molecule has 0 aliphatic heterocycles. The molecule has 0 unspecified atom stereocenters. The Hall–Kier alpha value is -1.45. The Kier molecular flexibility index (Phi) is 4.17. The van der Waals surface area contributed by atoms with Gasteiger partial charge in [-0.2, -0.15) is 0 Å². The monoisotopic (exact) mass is 300 g/mol. The number of halogens is 4. The summed E-state index contributed by atoms with van der Waals surface area (Å²) in [6.45, 7) is 0. The third-order valence-corrected chi connectivity index (χ3v) is 3.16. The Labute approximate surface area is 118 Å². The molecule has 0 aliphatic carbocycles. The number of hydrogen-bond donors (Lipinski definition) is 0. The molecule has 0 spiro atoms. The molecule has 2 aromatic rings. The second-order valence-electron chi connectivity index (χ2n) is 3.96. The van der Waals surface area contributed by atoms with Crippen LogP contribution in [0, 0.1) is 11.6 Å². The van der Waals surface area contributed by atoms with Crippen LogP contribution >= 0.6 is 23.2 Å². The zero-order valence-corrected chi connectivity index (χ0v) is 11.1. The lowest BCUT2D eigenvalue weighted by molar-refractivity contribution is 0.0992. The molecule has 0 amide bonds. The predicted octanol–water partition coefficient (Wildman–Crippen LogP) is 4.70. The molecule has 0 bridgehead atoms. The van der Waals surface area contributed by atoms with E-state index in [4.69, 9.17) is 23.2 Å². The third-order valence-electron chi connectivity index (χ3n) is 2.59. The van der Waals surface area contributed by atoms with Crippen LogP contribution in [0.5, 0.6) is 0 Å². The van der Waals surface area contributed by atoms with Gasteiger partial charge < -0.3 is 0 Å². The summed E-state index contributed by atoms with van der Waals surface area (Å²) in [4.78, 5) is 12.0. The maximum Gasteiger partial charge on any atom is 0.168 e. The van der Waals surface area contributed by atoms with Crippen molar-refractivity contribution < 1.29 is 13.6 Å². The molecule has 0 atom stereocenters. The van der Waals surface area contributed by atoms with E-state index in [1.807, 2.05) is 0 Å². The molecule has 2 rings (SSSR count). The van der Waals surface area contributed by atoms with Gasteiger partial charge in [0.15, 0.2) is 5.78 Å². The van der Waals surface area contributed by atoms with Crippen LogP contribution in [0.2, 0.25) is 10.0 Å². The van der Waals surface area contributed by atoms with E-state index in [1.165, 1.54) is 18.2 Å². The average Bonchev–Trinajstić information content (AvgIpc) is 2.35. The van der Waals surface area contributed by atoms with Gasteiger partial charge in [-0.3, -0.25) is 4.79 Å². The molecule has 5 heteroatoms. The van der Waals surface area contributed by atoms with E-state index in [9.17, 15) is 13.6 Å². The summed E-state index contributed by atoms with van der Waals surface area (Å²) in [5.74, 6) is -1.82. The Morgan fingerprint density at radius 2 is 1.79 bits per heavy atom. The summed E-state index contributed by atoms with van der Waals surface area (Å²) in [7, 11) is 0. The van der Waals surface area contributed by atoms with Crippen LogP contribution in [-0.2, 0) is 6.42 Å². The molecule has 0 aliphatic rings. The van der Waals surface area contributed by atoms with E-state index in [0.29, 0.717) is 5.02 Å². The van der Waals surface area contributed by atoms with Gasteiger partial charge in [0, 0.05) is 23.1 Å². The van der Waals surface area contributed by atoms with Gasteiger partial charge in [0.1, 0.15) is 11.6 Å². The van der Waals surface area contributed by atoms with E-state index in [1.54, 1.807) is 6.07 Å². The van der Waals surface area contributed by atoms with E-state index < -0.39 is 11.6 Å². The largest absolute Gasteiger partial charge is 0.294 e. The number of carbonyl (C=O) groups is 1. The maximum absolute atomic E-state index is 13.5. The van der Waals surface area contributed by atoms with Gasteiger partial charge in [-0.1, -0.05) is 29.3 Å². The van der Waals surface area contributed by atoms with Crippen LogP contribution in [-0.4, -0.2) is 5.78 Å². The lowest BCUT2D eigenvalue weighted by atomic mass is 10.0. The van der Waals surface area contributed by atoms with Crippen molar-refractivity contribution in [2.75, 3.05) is 0 Å². The van der Waals surface area contributed by atoms with E-state index in [2.05, 4.69) is 0 Å². The highest BCUT2D eigenvalue weighted by Crippen LogP contribution is 2.23. The van der Waals surface area contributed by atoms with E-state index in [-0.39, 0.29) is 28.4 Å². The first-order valence-corrected chi connectivity index (χ1v) is 6.15. The lowest BCUT2D eigenvalue weighted by Crippen LogP contribution is -2.06. The van der Waals surface area contributed by atoms with E-state index >= 15 is 0 Å². The van der Waals surface area contributed by atoms with Crippen molar-refractivity contribution in [2.45, 2.75) is 6.42 Å². The maximum atomic E-state index is 13.5. The lowest BCUT2D eigenvalue weighted by Gasteiger charge is -2.05. The first-order chi connectivity index (χ1) is 8.97. The summed E-state index contributed by atoms with van der Waals surface area (Å²) in [5.41, 5.74) is 0.334. The van der Waals surface area contributed by atoms with E-state index in [0.717, 1.165) is 12.1 Å². The molecule has 0 saturated carbocycles. The molecule has 98 valence electrons. The molecule has 0 heterocycles. The Bertz CT molecular complexity index is 641. The number of ketones is 1. The summed E-state index contributed by atoms with van der Waals surface area (Å²) in [5, 5.41) is 0.615. The van der Waals surface area contributed by atoms with Crippen LogP contribution in [0.1, 0.15) is 15.9 Å². The zero-order chi connectivity index (χ0) is 14.0. The van der Waals surface area contributed by atoms with Crippen LogP contribution in [0.15, 0.2) is 36.4 Å². The van der Waals surface area contributed by atoms with Crippen molar-refractivity contribution >= 4 is 29.0 Å². The number of benzene rings is 2. The van der Waals surface area contributed by atoms with Crippen molar-refractivity contribution in [3.63, 3.8) is 0 Å². The smallest absolute Gasteiger partial charge is 0.168 e. The fourth-order valence-electron chi connectivity index (χ4n) is 1.64. The molecule has 0 aromatic heterocycles. The van der Waals surface area contributed by atoms with Crippen LogP contribution in [0.3, 0.4) is 0 Å². The molecule has 0 fully saturated rings. The minimum absolute atomic E-state index is 0.113. The molecule has 0 N–H and O–H groups in total.